The van der Waals surface area contributed by atoms with E-state index >= 15 is 0 Å². The third kappa shape index (κ3) is 8.24. The Morgan fingerprint density at radius 3 is 2.35 bits per heavy atom. The molecular weight excluding hydrogens is 800 g/mol. The zero-order valence-corrected chi connectivity index (χ0v) is 31.1. The second kappa shape index (κ2) is 16.1. The van der Waals surface area contributed by atoms with Gasteiger partial charge < -0.3 is 9.97 Å². The molecule has 1 unspecified atom stereocenters. The third-order valence-electron chi connectivity index (χ3n) is 9.66. The van der Waals surface area contributed by atoms with Crippen LogP contribution in [-0.4, -0.2) is 9.97 Å². The van der Waals surface area contributed by atoms with E-state index in [9.17, 15) is 4.39 Å². The van der Waals surface area contributed by atoms with Crippen LogP contribution in [0.15, 0.2) is 116 Å². The van der Waals surface area contributed by atoms with Crippen LogP contribution in [0.1, 0.15) is 67.2 Å². The van der Waals surface area contributed by atoms with Crippen molar-refractivity contribution in [3.63, 3.8) is 0 Å². The van der Waals surface area contributed by atoms with Crippen LogP contribution in [0.3, 0.4) is 0 Å². The van der Waals surface area contributed by atoms with Gasteiger partial charge in [0.2, 0.25) is 0 Å². The van der Waals surface area contributed by atoms with Crippen molar-refractivity contribution in [2.24, 2.45) is 5.92 Å². The Labute approximate surface area is 306 Å². The van der Waals surface area contributed by atoms with Gasteiger partial charge >= 0.3 is 0 Å². The van der Waals surface area contributed by atoms with Crippen LogP contribution in [0.4, 0.5) is 4.39 Å². The minimum atomic E-state index is -0.210. The molecule has 8 rings (SSSR count). The number of pyridine rings is 2. The van der Waals surface area contributed by atoms with Crippen molar-refractivity contribution < 1.29 is 24.5 Å². The monoisotopic (exact) mass is 839 g/mol. The molecule has 49 heavy (non-hydrogen) atoms. The first-order chi connectivity index (χ1) is 23.5. The van der Waals surface area contributed by atoms with Crippen LogP contribution in [-0.2, 0) is 26.5 Å². The van der Waals surface area contributed by atoms with Gasteiger partial charge in [0.15, 0.2) is 0 Å². The van der Waals surface area contributed by atoms with Crippen molar-refractivity contribution in [3.8, 4) is 22.5 Å². The number of rotatable bonds is 6. The summed E-state index contributed by atoms with van der Waals surface area (Å²) < 4.78 is 15.9. The normalized spacial score (nSPS) is 13.8. The number of halogens is 1. The standard InChI is InChI=1S/C25H17FNS.C19H22N.Ir/c1-16(17-5-3-2-4-6-17)18-11-12-27-23(14-18)19-7-9-24-21(13-19)22-15-20(26)8-10-25(22)28-24;1-15-14-20-19(17-10-6-3-7-11-17)13-18(15)12-16-8-4-2-5-9-16;/h2-6,8-16H,1H3;3,6-7,10,13-14,16H,2,4-5,8-9,12H2,1H3;/q2*-1;. The maximum Gasteiger partial charge on any atom is 0.123 e. The van der Waals surface area contributed by atoms with Gasteiger partial charge in [-0.05, 0) is 81.7 Å². The zero-order valence-electron chi connectivity index (χ0n) is 27.9. The summed E-state index contributed by atoms with van der Waals surface area (Å²) in [6, 6.07) is 40.7. The number of hydrogen-bond donors (Lipinski definition) is 0. The molecule has 5 heteroatoms. The van der Waals surface area contributed by atoms with Gasteiger partial charge in [0.25, 0.3) is 0 Å². The minimum absolute atomic E-state index is 0. The van der Waals surface area contributed by atoms with Gasteiger partial charge in [-0.3, -0.25) is 0 Å². The molecule has 1 aliphatic rings. The Morgan fingerprint density at radius 2 is 1.55 bits per heavy atom. The van der Waals surface area contributed by atoms with Crippen molar-refractivity contribution in [3.05, 3.63) is 156 Å². The molecule has 0 aliphatic heterocycles. The fourth-order valence-corrected chi connectivity index (χ4v) is 7.87. The number of aryl methyl sites for hydroxylation is 1. The first-order valence-corrected chi connectivity index (χ1v) is 17.8. The molecule has 4 aromatic carbocycles. The molecule has 249 valence electrons. The number of aromatic nitrogens is 2. The van der Waals surface area contributed by atoms with E-state index in [2.05, 4.69) is 90.5 Å². The second-order valence-corrected chi connectivity index (χ2v) is 14.0. The summed E-state index contributed by atoms with van der Waals surface area (Å²) in [5.74, 6) is 0.943. The molecule has 1 saturated carbocycles. The molecule has 0 bridgehead atoms. The SMILES string of the molecule is CC(c1ccccc1)c1ccnc(-c2[c-]cc3sc4ccc(F)cc4c3c2)c1.Cc1cnc(-c2[c-]cccc2)cc1CC1CCCCC1.[Ir]. The molecule has 0 saturated heterocycles. The quantitative estimate of drug-likeness (QED) is 0.156. The van der Waals surface area contributed by atoms with E-state index in [0.29, 0.717) is 0 Å². The van der Waals surface area contributed by atoms with Gasteiger partial charge in [0, 0.05) is 43.1 Å². The van der Waals surface area contributed by atoms with Crippen LogP contribution < -0.4 is 0 Å². The Balaban J connectivity index is 0.000000176. The summed E-state index contributed by atoms with van der Waals surface area (Å²) in [6.45, 7) is 4.39. The van der Waals surface area contributed by atoms with Crippen molar-refractivity contribution in [2.45, 2.75) is 58.3 Å². The molecule has 3 heterocycles. The molecule has 0 N–H and O–H groups in total. The fourth-order valence-electron chi connectivity index (χ4n) is 6.83. The third-order valence-corrected chi connectivity index (χ3v) is 10.8. The maximum atomic E-state index is 13.8. The van der Waals surface area contributed by atoms with E-state index in [0.717, 1.165) is 48.6 Å². The predicted octanol–water partition coefficient (Wildman–Crippen LogP) is 12.2. The average Bonchev–Trinajstić information content (AvgIpc) is 3.51. The molecule has 1 atom stereocenters. The maximum absolute atomic E-state index is 13.8. The van der Waals surface area contributed by atoms with Crippen LogP contribution in [0.5, 0.6) is 0 Å². The van der Waals surface area contributed by atoms with Crippen molar-refractivity contribution >= 4 is 31.5 Å². The summed E-state index contributed by atoms with van der Waals surface area (Å²) in [5, 5.41) is 2.00. The van der Waals surface area contributed by atoms with Gasteiger partial charge in [0.1, 0.15) is 5.82 Å². The van der Waals surface area contributed by atoms with Crippen LogP contribution in [0.2, 0.25) is 0 Å². The fraction of sp³-hybridized carbons (Fsp3) is 0.227. The number of nitrogens with zero attached hydrogens (tertiary/aromatic N) is 2. The first-order valence-electron chi connectivity index (χ1n) is 17.0. The van der Waals surface area contributed by atoms with E-state index in [4.69, 9.17) is 0 Å². The molecule has 1 fully saturated rings. The van der Waals surface area contributed by atoms with Crippen LogP contribution in [0, 0.1) is 30.8 Å². The molecule has 7 aromatic rings. The first kappa shape index (κ1) is 34.8. The van der Waals surface area contributed by atoms with Crippen molar-refractivity contribution in [2.75, 3.05) is 0 Å². The van der Waals surface area contributed by atoms with E-state index < -0.39 is 0 Å². The number of thiophene rings is 1. The van der Waals surface area contributed by atoms with Gasteiger partial charge in [-0.1, -0.05) is 92.4 Å². The molecule has 1 aliphatic carbocycles. The summed E-state index contributed by atoms with van der Waals surface area (Å²) >= 11 is 1.66. The molecular formula is C44H39FIrN2S-2. The molecule has 2 nitrogen and oxygen atoms in total. The minimum Gasteiger partial charge on any atom is -0.305 e. The summed E-state index contributed by atoms with van der Waals surface area (Å²) in [6.07, 6.45) is 12.1. The van der Waals surface area contributed by atoms with Crippen molar-refractivity contribution in [1.82, 2.24) is 9.97 Å². The average molecular weight is 839 g/mol. The predicted molar refractivity (Wildman–Crippen MR) is 199 cm³/mol. The van der Waals surface area contributed by atoms with Crippen LogP contribution >= 0.6 is 11.3 Å². The van der Waals surface area contributed by atoms with E-state index in [1.165, 1.54) is 66.8 Å². The summed E-state index contributed by atoms with van der Waals surface area (Å²) in [4.78, 5) is 9.14. The van der Waals surface area contributed by atoms with Gasteiger partial charge in [-0.2, -0.15) is 11.3 Å². The topological polar surface area (TPSA) is 25.8 Å². The van der Waals surface area contributed by atoms with Gasteiger partial charge in [-0.25, -0.2) is 4.39 Å². The Hall–Kier alpha value is -4.02. The molecule has 0 spiro atoms. The van der Waals surface area contributed by atoms with E-state index in [1.54, 1.807) is 17.4 Å². The van der Waals surface area contributed by atoms with Gasteiger partial charge in [0.05, 0.1) is 0 Å². The number of hydrogen-bond acceptors (Lipinski definition) is 3. The number of fused-ring (bicyclic) bond motifs is 3. The summed E-state index contributed by atoms with van der Waals surface area (Å²) in [7, 11) is 0. The smallest absolute Gasteiger partial charge is 0.123 e. The summed E-state index contributed by atoms with van der Waals surface area (Å²) in [5.41, 5.74) is 9.26. The Kier molecular flexibility index (Phi) is 11.5. The van der Waals surface area contributed by atoms with Crippen LogP contribution in [0.25, 0.3) is 42.7 Å². The van der Waals surface area contributed by atoms with E-state index in [1.807, 2.05) is 48.8 Å². The molecule has 1 radical (unpaired) electrons. The van der Waals surface area contributed by atoms with E-state index in [-0.39, 0.29) is 31.8 Å². The number of benzene rings is 4. The van der Waals surface area contributed by atoms with Gasteiger partial charge in [-0.15, -0.1) is 59.7 Å². The Bertz CT molecular complexity index is 2140. The molecule has 3 aromatic heterocycles. The van der Waals surface area contributed by atoms with Crippen molar-refractivity contribution in [1.29, 1.82) is 0 Å². The Morgan fingerprint density at radius 1 is 0.776 bits per heavy atom. The molecule has 0 amide bonds. The second-order valence-electron chi connectivity index (χ2n) is 13.0. The largest absolute Gasteiger partial charge is 0.305 e. The zero-order chi connectivity index (χ0) is 32.9.